The number of sulfonamides is 1. The van der Waals surface area contributed by atoms with Crippen molar-refractivity contribution in [2.24, 2.45) is 0 Å². The van der Waals surface area contributed by atoms with E-state index in [2.05, 4.69) is 4.98 Å². The van der Waals surface area contributed by atoms with Gasteiger partial charge in [-0.1, -0.05) is 41.9 Å². The number of rotatable bonds is 3. The van der Waals surface area contributed by atoms with Crippen molar-refractivity contribution in [3.05, 3.63) is 69.9 Å². The lowest BCUT2D eigenvalue weighted by Crippen LogP contribution is -2.35. The highest BCUT2D eigenvalue weighted by Gasteiger charge is 2.31. The first kappa shape index (κ1) is 17.6. The highest BCUT2D eigenvalue weighted by Crippen LogP contribution is 2.33. The SMILES string of the molecule is O=S(=O)(c1ccc(F)c(Cl)c1)N1CCc2nc(-c3ccccc3)sc2C1. The molecule has 0 unspecified atom stereocenters. The molecular weight excluding hydrogens is 395 g/mol. The normalized spacial score (nSPS) is 15.0. The van der Waals surface area contributed by atoms with E-state index in [1.165, 1.54) is 21.7 Å². The summed E-state index contributed by atoms with van der Waals surface area (Å²) in [5, 5.41) is 0.688. The van der Waals surface area contributed by atoms with E-state index in [9.17, 15) is 12.8 Å². The van der Waals surface area contributed by atoms with Crippen LogP contribution in [0.5, 0.6) is 0 Å². The molecule has 3 aromatic rings. The predicted octanol–water partition coefficient (Wildman–Crippen LogP) is 4.35. The van der Waals surface area contributed by atoms with E-state index in [1.54, 1.807) is 0 Å². The first-order valence-corrected chi connectivity index (χ1v) is 10.6. The maximum Gasteiger partial charge on any atom is 0.243 e. The van der Waals surface area contributed by atoms with Crippen molar-refractivity contribution < 1.29 is 12.8 Å². The molecule has 4 rings (SSSR count). The van der Waals surface area contributed by atoms with E-state index in [4.69, 9.17) is 11.6 Å². The average Bonchev–Trinajstić information content (AvgIpc) is 3.08. The second-order valence-electron chi connectivity index (χ2n) is 5.92. The summed E-state index contributed by atoms with van der Waals surface area (Å²) < 4.78 is 40.5. The molecule has 8 heteroatoms. The molecule has 1 aliphatic heterocycles. The topological polar surface area (TPSA) is 50.3 Å². The number of nitrogens with zero attached hydrogens (tertiary/aromatic N) is 2. The van der Waals surface area contributed by atoms with Gasteiger partial charge in [0.25, 0.3) is 0 Å². The highest BCUT2D eigenvalue weighted by molar-refractivity contribution is 7.89. The molecule has 26 heavy (non-hydrogen) atoms. The van der Waals surface area contributed by atoms with Crippen molar-refractivity contribution in [1.82, 2.24) is 9.29 Å². The molecule has 0 saturated carbocycles. The van der Waals surface area contributed by atoms with E-state index in [-0.39, 0.29) is 16.5 Å². The van der Waals surface area contributed by atoms with Crippen LogP contribution in [0.3, 0.4) is 0 Å². The number of fused-ring (bicyclic) bond motifs is 1. The average molecular weight is 409 g/mol. The summed E-state index contributed by atoms with van der Waals surface area (Å²) in [5.74, 6) is -0.637. The summed E-state index contributed by atoms with van der Waals surface area (Å²) in [6.45, 7) is 0.597. The maximum atomic E-state index is 13.3. The van der Waals surface area contributed by atoms with Gasteiger partial charge < -0.3 is 0 Å². The van der Waals surface area contributed by atoms with Crippen LogP contribution in [0.2, 0.25) is 5.02 Å². The Kier molecular flexibility index (Phi) is 4.56. The van der Waals surface area contributed by atoms with E-state index in [1.807, 2.05) is 30.3 Å². The lowest BCUT2D eigenvalue weighted by molar-refractivity contribution is 0.393. The third kappa shape index (κ3) is 3.16. The van der Waals surface area contributed by atoms with Crippen molar-refractivity contribution in [3.8, 4) is 10.6 Å². The second-order valence-corrected chi connectivity index (χ2v) is 9.35. The van der Waals surface area contributed by atoms with Crippen LogP contribution >= 0.6 is 22.9 Å². The van der Waals surface area contributed by atoms with Crippen molar-refractivity contribution in [2.45, 2.75) is 17.9 Å². The zero-order valence-corrected chi connectivity index (χ0v) is 15.9. The van der Waals surface area contributed by atoms with Crippen LogP contribution in [0.1, 0.15) is 10.6 Å². The number of hydrogen-bond donors (Lipinski definition) is 0. The molecule has 4 nitrogen and oxygen atoms in total. The van der Waals surface area contributed by atoms with Crippen LogP contribution < -0.4 is 0 Å². The van der Waals surface area contributed by atoms with Crippen LogP contribution in [-0.2, 0) is 23.0 Å². The summed E-state index contributed by atoms with van der Waals surface area (Å²) in [6.07, 6.45) is 0.548. The first-order chi connectivity index (χ1) is 12.4. The van der Waals surface area contributed by atoms with Crippen LogP contribution in [-0.4, -0.2) is 24.3 Å². The smallest absolute Gasteiger partial charge is 0.241 e. The predicted molar refractivity (Wildman–Crippen MR) is 100 cm³/mol. The number of halogens is 2. The van der Waals surface area contributed by atoms with Crippen molar-refractivity contribution >= 4 is 33.0 Å². The van der Waals surface area contributed by atoms with Gasteiger partial charge in [0.05, 0.1) is 22.2 Å². The summed E-state index contributed by atoms with van der Waals surface area (Å²) in [4.78, 5) is 5.60. The third-order valence-corrected chi connectivity index (χ3v) is 7.51. The maximum absolute atomic E-state index is 13.3. The van der Waals surface area contributed by atoms with Crippen molar-refractivity contribution in [1.29, 1.82) is 0 Å². The van der Waals surface area contributed by atoms with E-state index in [0.717, 1.165) is 33.3 Å². The zero-order valence-electron chi connectivity index (χ0n) is 13.5. The zero-order chi connectivity index (χ0) is 18.3. The molecule has 1 aromatic heterocycles. The molecule has 0 atom stereocenters. The van der Waals surface area contributed by atoms with Crippen LogP contribution in [0.25, 0.3) is 10.6 Å². The van der Waals surface area contributed by atoms with Crippen molar-refractivity contribution in [3.63, 3.8) is 0 Å². The van der Waals surface area contributed by atoms with Gasteiger partial charge in [-0.3, -0.25) is 0 Å². The van der Waals surface area contributed by atoms with Gasteiger partial charge in [-0.15, -0.1) is 11.3 Å². The Balaban J connectivity index is 1.64. The molecule has 2 aromatic carbocycles. The Morgan fingerprint density at radius 3 is 2.65 bits per heavy atom. The Hall–Kier alpha value is -1.80. The van der Waals surface area contributed by atoms with Gasteiger partial charge in [0, 0.05) is 23.4 Å². The van der Waals surface area contributed by atoms with Crippen molar-refractivity contribution in [2.75, 3.05) is 6.54 Å². The lowest BCUT2D eigenvalue weighted by Gasteiger charge is -2.25. The number of benzene rings is 2. The van der Waals surface area contributed by atoms with Crippen LogP contribution in [0, 0.1) is 5.82 Å². The van der Waals surface area contributed by atoms with Gasteiger partial charge >= 0.3 is 0 Å². The van der Waals surface area contributed by atoms with Gasteiger partial charge in [0.1, 0.15) is 10.8 Å². The molecule has 0 aliphatic carbocycles. The van der Waals surface area contributed by atoms with Gasteiger partial charge in [0.2, 0.25) is 10.0 Å². The number of hydrogen-bond acceptors (Lipinski definition) is 4. The first-order valence-electron chi connectivity index (χ1n) is 7.94. The van der Waals surface area contributed by atoms with E-state index >= 15 is 0 Å². The Labute approximate surface area is 159 Å². The molecule has 0 spiro atoms. The molecular formula is C18H14ClFN2O2S2. The summed E-state index contributed by atoms with van der Waals surface area (Å²) in [6, 6.07) is 13.3. The monoisotopic (exact) mass is 408 g/mol. The fourth-order valence-corrected chi connectivity index (χ4v) is 5.76. The largest absolute Gasteiger partial charge is 0.243 e. The molecule has 134 valence electrons. The standard InChI is InChI=1S/C18H14ClFN2O2S2/c19-14-10-13(6-7-15(14)20)26(23,24)22-9-8-16-17(11-22)25-18(21-16)12-4-2-1-3-5-12/h1-7,10H,8-9,11H2. The lowest BCUT2D eigenvalue weighted by atomic mass is 10.2. The molecule has 0 bridgehead atoms. The fourth-order valence-electron chi connectivity index (χ4n) is 2.87. The van der Waals surface area contributed by atoms with Gasteiger partial charge in [-0.05, 0) is 18.2 Å². The summed E-state index contributed by atoms with van der Waals surface area (Å²) in [5.41, 5.74) is 1.96. The van der Waals surface area contributed by atoms with Gasteiger partial charge in [0.15, 0.2) is 0 Å². The van der Waals surface area contributed by atoms with Crippen LogP contribution in [0.4, 0.5) is 4.39 Å². The Morgan fingerprint density at radius 1 is 1.15 bits per heavy atom. The molecule has 0 fully saturated rings. The molecule has 0 N–H and O–H groups in total. The number of aromatic nitrogens is 1. The fraction of sp³-hybridized carbons (Fsp3) is 0.167. The Morgan fingerprint density at radius 2 is 1.92 bits per heavy atom. The quantitative estimate of drug-likeness (QED) is 0.647. The summed E-state index contributed by atoms with van der Waals surface area (Å²) >= 11 is 7.25. The van der Waals surface area contributed by atoms with Gasteiger partial charge in [-0.25, -0.2) is 17.8 Å². The van der Waals surface area contributed by atoms with E-state index in [0.29, 0.717) is 13.0 Å². The minimum Gasteiger partial charge on any atom is -0.241 e. The second kappa shape index (κ2) is 6.74. The molecule has 0 radical (unpaired) electrons. The summed E-state index contributed by atoms with van der Waals surface area (Å²) in [7, 11) is -3.74. The highest BCUT2D eigenvalue weighted by atomic mass is 35.5. The molecule has 1 aliphatic rings. The van der Waals surface area contributed by atoms with E-state index < -0.39 is 15.8 Å². The van der Waals surface area contributed by atoms with Crippen LogP contribution in [0.15, 0.2) is 53.4 Å². The molecule has 2 heterocycles. The molecule has 0 amide bonds. The third-order valence-electron chi connectivity index (χ3n) is 4.25. The minimum absolute atomic E-state index is 0.000137. The minimum atomic E-state index is -3.74. The molecule has 0 saturated heterocycles. The van der Waals surface area contributed by atoms with Gasteiger partial charge in [-0.2, -0.15) is 4.31 Å². The number of thiazole rings is 1. The Bertz CT molecular complexity index is 1070.